The van der Waals surface area contributed by atoms with Crippen LogP contribution < -0.4 is 14.8 Å². The van der Waals surface area contributed by atoms with Crippen molar-refractivity contribution in [1.29, 1.82) is 0 Å². The van der Waals surface area contributed by atoms with Crippen LogP contribution in [0.2, 0.25) is 0 Å². The summed E-state index contributed by atoms with van der Waals surface area (Å²) in [5, 5.41) is 2.65. The second-order valence-electron chi connectivity index (χ2n) is 7.23. The fourth-order valence-corrected chi connectivity index (χ4v) is 4.14. The maximum atomic E-state index is 12.8. The Bertz CT molecular complexity index is 1240. The number of benzene rings is 3. The molecule has 0 unspecified atom stereocenters. The van der Waals surface area contributed by atoms with Crippen LogP contribution in [0.5, 0.6) is 5.75 Å². The first-order valence-corrected chi connectivity index (χ1v) is 12.2. The first-order valence-electron chi connectivity index (χ1n) is 10.7. The number of carbonyl (C=O) groups is 2. The van der Waals surface area contributed by atoms with Crippen molar-refractivity contribution in [2.75, 3.05) is 23.3 Å². The number of ether oxygens (including phenoxy) is 2. The highest BCUT2D eigenvalue weighted by molar-refractivity contribution is 7.92. The quantitative estimate of drug-likeness (QED) is 0.418. The Morgan fingerprint density at radius 1 is 0.882 bits per heavy atom. The van der Waals surface area contributed by atoms with Gasteiger partial charge in [-0.2, -0.15) is 0 Å². The molecule has 0 aliphatic heterocycles. The van der Waals surface area contributed by atoms with E-state index in [0.717, 1.165) is 12.0 Å². The molecule has 0 aromatic heterocycles. The number of para-hydroxylation sites is 1. The first kappa shape index (κ1) is 24.8. The number of esters is 1. The zero-order valence-corrected chi connectivity index (χ0v) is 19.7. The molecule has 0 aliphatic carbocycles. The van der Waals surface area contributed by atoms with E-state index in [0.29, 0.717) is 18.0 Å². The Morgan fingerprint density at radius 3 is 2.21 bits per heavy atom. The minimum atomic E-state index is -3.97. The van der Waals surface area contributed by atoms with Crippen LogP contribution in [0.4, 0.5) is 11.4 Å². The second kappa shape index (κ2) is 11.3. The van der Waals surface area contributed by atoms with Crippen molar-refractivity contribution in [3.8, 4) is 5.75 Å². The molecule has 0 spiro atoms. The van der Waals surface area contributed by atoms with Crippen molar-refractivity contribution in [3.05, 3.63) is 83.9 Å². The van der Waals surface area contributed by atoms with Gasteiger partial charge >= 0.3 is 5.97 Å². The molecule has 3 aromatic rings. The lowest BCUT2D eigenvalue weighted by Crippen LogP contribution is -2.22. The third-order valence-electron chi connectivity index (χ3n) is 4.82. The average molecular weight is 483 g/mol. The number of amides is 1. The van der Waals surface area contributed by atoms with E-state index >= 15 is 0 Å². The van der Waals surface area contributed by atoms with Crippen molar-refractivity contribution in [2.45, 2.75) is 25.2 Å². The number of anilines is 2. The summed E-state index contributed by atoms with van der Waals surface area (Å²) in [6, 6.07) is 19.3. The predicted octanol–water partition coefficient (Wildman–Crippen LogP) is 4.24. The van der Waals surface area contributed by atoms with Gasteiger partial charge in [-0.3, -0.25) is 9.52 Å². The zero-order chi connectivity index (χ0) is 24.6. The summed E-state index contributed by atoms with van der Waals surface area (Å²) in [7, 11) is -3.97. The van der Waals surface area contributed by atoms with Gasteiger partial charge in [-0.15, -0.1) is 0 Å². The van der Waals surface area contributed by atoms with Crippen LogP contribution in [0.15, 0.2) is 77.7 Å². The van der Waals surface area contributed by atoms with E-state index < -0.39 is 28.5 Å². The van der Waals surface area contributed by atoms with Crippen LogP contribution in [0.3, 0.4) is 0 Å². The maximum absolute atomic E-state index is 12.8. The van der Waals surface area contributed by atoms with Gasteiger partial charge < -0.3 is 14.8 Å². The molecular formula is C25H26N2O6S. The highest BCUT2D eigenvalue weighted by atomic mass is 32.2. The third kappa shape index (κ3) is 6.58. The molecule has 9 heteroatoms. The molecule has 0 atom stereocenters. The van der Waals surface area contributed by atoms with Crippen molar-refractivity contribution in [3.63, 3.8) is 0 Å². The van der Waals surface area contributed by atoms with Crippen molar-refractivity contribution < 1.29 is 27.5 Å². The number of rotatable bonds is 10. The molecule has 0 radical (unpaired) electrons. The minimum absolute atomic E-state index is 0.00703. The van der Waals surface area contributed by atoms with E-state index in [1.54, 1.807) is 36.4 Å². The van der Waals surface area contributed by atoms with E-state index in [9.17, 15) is 18.0 Å². The van der Waals surface area contributed by atoms with Gasteiger partial charge in [0.25, 0.3) is 15.9 Å². The number of hydrogen-bond acceptors (Lipinski definition) is 6. The average Bonchev–Trinajstić information content (AvgIpc) is 2.84. The second-order valence-corrected chi connectivity index (χ2v) is 8.91. The molecule has 178 valence electrons. The summed E-state index contributed by atoms with van der Waals surface area (Å²) in [6.07, 6.45) is 0.883. The molecule has 0 saturated heterocycles. The van der Waals surface area contributed by atoms with Crippen molar-refractivity contribution in [2.24, 2.45) is 0 Å². The highest BCUT2D eigenvalue weighted by Gasteiger charge is 2.20. The van der Waals surface area contributed by atoms with Gasteiger partial charge in [0.15, 0.2) is 6.61 Å². The van der Waals surface area contributed by atoms with Crippen LogP contribution in [-0.4, -0.2) is 33.5 Å². The molecule has 0 fully saturated rings. The van der Waals surface area contributed by atoms with E-state index in [1.807, 2.05) is 26.0 Å². The largest absolute Gasteiger partial charge is 0.494 e. The van der Waals surface area contributed by atoms with Gasteiger partial charge in [0.05, 0.1) is 22.8 Å². The molecule has 3 aromatic carbocycles. The Balaban J connectivity index is 1.65. The van der Waals surface area contributed by atoms with Crippen LogP contribution in [-0.2, 0) is 26.0 Å². The van der Waals surface area contributed by atoms with E-state index in [4.69, 9.17) is 9.47 Å². The molecule has 0 aliphatic rings. The Morgan fingerprint density at radius 2 is 1.56 bits per heavy atom. The smallest absolute Gasteiger partial charge is 0.340 e. The first-order chi connectivity index (χ1) is 16.3. The summed E-state index contributed by atoms with van der Waals surface area (Å²) in [4.78, 5) is 24.8. The van der Waals surface area contributed by atoms with Crippen LogP contribution in [0.1, 0.15) is 29.8 Å². The van der Waals surface area contributed by atoms with Crippen LogP contribution in [0, 0.1) is 0 Å². The molecular weight excluding hydrogens is 456 g/mol. The van der Waals surface area contributed by atoms with E-state index in [-0.39, 0.29) is 16.1 Å². The summed E-state index contributed by atoms with van der Waals surface area (Å²) in [6.45, 7) is 3.80. The van der Waals surface area contributed by atoms with Crippen LogP contribution in [0.25, 0.3) is 0 Å². The fourth-order valence-electron chi connectivity index (χ4n) is 3.07. The van der Waals surface area contributed by atoms with Gasteiger partial charge in [0.1, 0.15) is 5.75 Å². The SMILES string of the molecule is CCOc1ccc(S(=O)(=O)Nc2ccccc2C(=O)OCC(=O)Nc2ccc(CC)cc2)cc1. The molecule has 34 heavy (non-hydrogen) atoms. The Hall–Kier alpha value is -3.85. The van der Waals surface area contributed by atoms with Gasteiger partial charge in [0.2, 0.25) is 0 Å². The topological polar surface area (TPSA) is 111 Å². The summed E-state index contributed by atoms with van der Waals surface area (Å²) >= 11 is 0. The minimum Gasteiger partial charge on any atom is -0.494 e. The fraction of sp³-hybridized carbons (Fsp3) is 0.200. The van der Waals surface area contributed by atoms with Gasteiger partial charge in [-0.25, -0.2) is 13.2 Å². The van der Waals surface area contributed by atoms with E-state index in [2.05, 4.69) is 10.0 Å². The maximum Gasteiger partial charge on any atom is 0.340 e. The molecule has 0 bridgehead atoms. The number of hydrogen-bond donors (Lipinski definition) is 2. The molecule has 8 nitrogen and oxygen atoms in total. The highest BCUT2D eigenvalue weighted by Crippen LogP contribution is 2.22. The molecule has 2 N–H and O–H groups in total. The number of carbonyl (C=O) groups excluding carboxylic acids is 2. The molecule has 0 saturated carbocycles. The monoisotopic (exact) mass is 482 g/mol. The lowest BCUT2D eigenvalue weighted by atomic mass is 10.1. The van der Waals surface area contributed by atoms with Gasteiger partial charge in [0, 0.05) is 5.69 Å². The standard InChI is InChI=1S/C25H26N2O6S/c1-3-18-9-11-19(12-10-18)26-24(28)17-33-25(29)22-7-5-6-8-23(22)27-34(30,31)21-15-13-20(14-16-21)32-4-2/h5-16,27H,3-4,17H2,1-2H3,(H,26,28). The summed E-state index contributed by atoms with van der Waals surface area (Å²) < 4.78 is 38.4. The Kier molecular flexibility index (Phi) is 8.26. The summed E-state index contributed by atoms with van der Waals surface area (Å²) in [5.41, 5.74) is 1.74. The van der Waals surface area contributed by atoms with Crippen molar-refractivity contribution >= 4 is 33.3 Å². The van der Waals surface area contributed by atoms with E-state index in [1.165, 1.54) is 24.3 Å². The van der Waals surface area contributed by atoms with Gasteiger partial charge in [-0.1, -0.05) is 31.2 Å². The third-order valence-corrected chi connectivity index (χ3v) is 6.20. The number of nitrogens with one attached hydrogen (secondary N) is 2. The lowest BCUT2D eigenvalue weighted by molar-refractivity contribution is -0.119. The molecule has 0 heterocycles. The lowest BCUT2D eigenvalue weighted by Gasteiger charge is -2.13. The normalized spacial score (nSPS) is 10.9. The van der Waals surface area contributed by atoms with Gasteiger partial charge in [-0.05, 0) is 67.4 Å². The Labute approximate surface area is 199 Å². The van der Waals surface area contributed by atoms with Crippen LogP contribution >= 0.6 is 0 Å². The predicted molar refractivity (Wildman–Crippen MR) is 130 cm³/mol. The zero-order valence-electron chi connectivity index (χ0n) is 18.9. The molecule has 3 rings (SSSR count). The number of aryl methyl sites for hydroxylation is 1. The van der Waals surface area contributed by atoms with Crippen molar-refractivity contribution in [1.82, 2.24) is 0 Å². The summed E-state index contributed by atoms with van der Waals surface area (Å²) in [5.74, 6) is -0.795. The molecule has 1 amide bonds. The number of sulfonamides is 1.